The Morgan fingerprint density at radius 2 is 1.91 bits per heavy atom. The van der Waals surface area contributed by atoms with E-state index in [-0.39, 0.29) is 23.0 Å². The highest BCUT2D eigenvalue weighted by atomic mass is 32.1. The molecule has 0 radical (unpaired) electrons. The second-order valence-electron chi connectivity index (χ2n) is 7.98. The number of carbonyl (C=O) groups excluding carboxylic acids is 1. The first-order valence-electron chi connectivity index (χ1n) is 10.8. The van der Waals surface area contributed by atoms with Crippen molar-refractivity contribution in [3.8, 4) is 11.5 Å². The van der Waals surface area contributed by atoms with Crippen molar-refractivity contribution in [1.82, 2.24) is 19.8 Å². The number of benzene rings is 2. The van der Waals surface area contributed by atoms with Crippen molar-refractivity contribution in [2.75, 3.05) is 46.2 Å². The predicted octanol–water partition coefficient (Wildman–Crippen LogP) is 1.90. The lowest BCUT2D eigenvalue weighted by molar-refractivity contribution is 0.0383. The maximum Gasteiger partial charge on any atom is 0.262 e. The quantitative estimate of drug-likeness (QED) is 0.533. The van der Waals surface area contributed by atoms with Crippen LogP contribution in [0, 0.1) is 4.77 Å². The van der Waals surface area contributed by atoms with Gasteiger partial charge in [-0.15, -0.1) is 0 Å². The maximum atomic E-state index is 13.1. The maximum absolute atomic E-state index is 13.1. The number of carbonyl (C=O) groups is 1. The monoisotopic (exact) mass is 468 g/mol. The van der Waals surface area contributed by atoms with Crippen molar-refractivity contribution < 1.29 is 19.0 Å². The molecule has 0 unspecified atom stereocenters. The van der Waals surface area contributed by atoms with Gasteiger partial charge < -0.3 is 24.5 Å². The van der Waals surface area contributed by atoms with Crippen LogP contribution in [0.15, 0.2) is 41.2 Å². The van der Waals surface area contributed by atoms with Crippen molar-refractivity contribution in [3.05, 3.63) is 62.6 Å². The van der Waals surface area contributed by atoms with Crippen molar-refractivity contribution >= 4 is 29.0 Å². The third-order valence-electron chi connectivity index (χ3n) is 5.84. The summed E-state index contributed by atoms with van der Waals surface area (Å²) in [5, 5.41) is 3.40. The summed E-state index contributed by atoms with van der Waals surface area (Å²) in [7, 11) is 0. The van der Waals surface area contributed by atoms with Crippen LogP contribution >= 0.6 is 12.2 Å². The van der Waals surface area contributed by atoms with E-state index in [1.165, 1.54) is 4.57 Å². The lowest BCUT2D eigenvalue weighted by atomic mass is 10.1. The number of aromatic nitrogens is 2. The highest BCUT2D eigenvalue weighted by Crippen LogP contribution is 2.32. The van der Waals surface area contributed by atoms with Crippen LogP contribution < -0.4 is 20.3 Å². The van der Waals surface area contributed by atoms with Crippen LogP contribution in [0.5, 0.6) is 11.5 Å². The summed E-state index contributed by atoms with van der Waals surface area (Å²) in [6, 6.07) is 10.5. The summed E-state index contributed by atoms with van der Waals surface area (Å²) < 4.78 is 17.9. The summed E-state index contributed by atoms with van der Waals surface area (Å²) in [6.07, 6.45) is 0. The van der Waals surface area contributed by atoms with Crippen molar-refractivity contribution in [1.29, 1.82) is 0 Å². The Morgan fingerprint density at radius 1 is 1.09 bits per heavy atom. The van der Waals surface area contributed by atoms with Gasteiger partial charge >= 0.3 is 0 Å². The van der Waals surface area contributed by atoms with E-state index in [0.29, 0.717) is 41.1 Å². The number of amides is 1. The molecule has 172 valence electrons. The third-order valence-corrected chi connectivity index (χ3v) is 6.16. The summed E-state index contributed by atoms with van der Waals surface area (Å²) in [5.74, 6) is 1.15. The predicted molar refractivity (Wildman–Crippen MR) is 125 cm³/mol. The van der Waals surface area contributed by atoms with Crippen LogP contribution in [0.4, 0.5) is 0 Å². The van der Waals surface area contributed by atoms with Crippen LogP contribution in [-0.2, 0) is 11.3 Å². The Bertz CT molecular complexity index is 1310. The molecule has 2 N–H and O–H groups in total. The molecule has 33 heavy (non-hydrogen) atoms. The number of hydrogen-bond donors (Lipinski definition) is 2. The fraction of sp³-hybridized carbons (Fsp3) is 0.348. The molecule has 1 fully saturated rings. The molecule has 10 heteroatoms. The number of aromatic amines is 1. The minimum absolute atomic E-state index is 0.186. The van der Waals surface area contributed by atoms with E-state index in [0.717, 1.165) is 38.4 Å². The average molecular weight is 469 g/mol. The Kier molecular flexibility index (Phi) is 6.12. The van der Waals surface area contributed by atoms with Gasteiger partial charge in [-0.3, -0.25) is 19.1 Å². The molecule has 0 bridgehead atoms. The SMILES string of the molecule is O=C(NCCN1CCOCC1)c1ccc2c(=O)n(Cc3ccc4c(c3)OCO4)c(=S)[nH]c2c1. The van der Waals surface area contributed by atoms with Crippen LogP contribution in [-0.4, -0.2) is 66.5 Å². The molecule has 9 nitrogen and oxygen atoms in total. The van der Waals surface area contributed by atoms with Gasteiger partial charge in [-0.2, -0.15) is 0 Å². The second kappa shape index (κ2) is 9.34. The first kappa shape index (κ1) is 21.6. The first-order chi connectivity index (χ1) is 16.1. The number of ether oxygens (including phenoxy) is 3. The third kappa shape index (κ3) is 4.63. The molecule has 0 saturated carbocycles. The number of H-pyrrole nitrogens is 1. The fourth-order valence-corrected chi connectivity index (χ4v) is 4.27. The van der Waals surface area contributed by atoms with Gasteiger partial charge in [0.05, 0.1) is 30.7 Å². The van der Waals surface area contributed by atoms with E-state index in [4.69, 9.17) is 26.4 Å². The topological polar surface area (TPSA) is 97.8 Å². The van der Waals surface area contributed by atoms with E-state index in [1.807, 2.05) is 18.2 Å². The zero-order valence-electron chi connectivity index (χ0n) is 18.0. The van der Waals surface area contributed by atoms with Gasteiger partial charge in [-0.1, -0.05) is 6.07 Å². The van der Waals surface area contributed by atoms with Gasteiger partial charge in [0.2, 0.25) is 6.79 Å². The number of hydrogen-bond acceptors (Lipinski definition) is 7. The Morgan fingerprint density at radius 3 is 2.76 bits per heavy atom. The van der Waals surface area contributed by atoms with Crippen LogP contribution in [0.1, 0.15) is 15.9 Å². The molecule has 1 amide bonds. The Labute approximate surface area is 194 Å². The minimum atomic E-state index is -0.217. The molecule has 2 aliphatic heterocycles. The van der Waals surface area contributed by atoms with E-state index in [1.54, 1.807) is 18.2 Å². The van der Waals surface area contributed by atoms with Gasteiger partial charge in [0.15, 0.2) is 16.3 Å². The number of rotatable bonds is 6. The summed E-state index contributed by atoms with van der Waals surface area (Å²) in [6.45, 7) is 5.01. The highest BCUT2D eigenvalue weighted by molar-refractivity contribution is 7.71. The van der Waals surface area contributed by atoms with Crippen molar-refractivity contribution in [3.63, 3.8) is 0 Å². The second-order valence-corrected chi connectivity index (χ2v) is 8.37. The van der Waals surface area contributed by atoms with Crippen LogP contribution in [0.3, 0.4) is 0 Å². The Balaban J connectivity index is 1.32. The minimum Gasteiger partial charge on any atom is -0.454 e. The van der Waals surface area contributed by atoms with E-state index < -0.39 is 0 Å². The molecule has 2 aromatic carbocycles. The van der Waals surface area contributed by atoms with E-state index >= 15 is 0 Å². The molecular formula is C23H24N4O5S. The molecule has 3 heterocycles. The van der Waals surface area contributed by atoms with Crippen molar-refractivity contribution in [2.45, 2.75) is 6.54 Å². The first-order valence-corrected chi connectivity index (χ1v) is 11.2. The van der Waals surface area contributed by atoms with Crippen molar-refractivity contribution in [2.24, 2.45) is 0 Å². The summed E-state index contributed by atoms with van der Waals surface area (Å²) in [5.41, 5.74) is 1.66. The lowest BCUT2D eigenvalue weighted by Crippen LogP contribution is -2.41. The molecule has 1 aromatic heterocycles. The highest BCUT2D eigenvalue weighted by Gasteiger charge is 2.15. The average Bonchev–Trinajstić information content (AvgIpc) is 3.30. The fourth-order valence-electron chi connectivity index (χ4n) is 4.02. The number of morpholine rings is 1. The molecule has 0 aliphatic carbocycles. The number of nitrogens with zero attached hydrogens (tertiary/aromatic N) is 2. The lowest BCUT2D eigenvalue weighted by Gasteiger charge is -2.26. The van der Waals surface area contributed by atoms with E-state index in [9.17, 15) is 9.59 Å². The molecular weight excluding hydrogens is 444 g/mol. The summed E-state index contributed by atoms with van der Waals surface area (Å²) >= 11 is 5.45. The van der Waals surface area contributed by atoms with Gasteiger partial charge in [0.1, 0.15) is 0 Å². The number of fused-ring (bicyclic) bond motifs is 2. The smallest absolute Gasteiger partial charge is 0.262 e. The zero-order chi connectivity index (χ0) is 22.8. The molecule has 5 rings (SSSR count). The Hall–Kier alpha value is -3.21. The summed E-state index contributed by atoms with van der Waals surface area (Å²) in [4.78, 5) is 31.1. The van der Waals surface area contributed by atoms with E-state index in [2.05, 4.69) is 15.2 Å². The molecule has 0 atom stereocenters. The largest absolute Gasteiger partial charge is 0.454 e. The van der Waals surface area contributed by atoms with Gasteiger partial charge in [0.25, 0.3) is 11.5 Å². The molecule has 0 spiro atoms. The van der Waals surface area contributed by atoms with Crippen LogP contribution in [0.25, 0.3) is 10.9 Å². The zero-order valence-corrected chi connectivity index (χ0v) is 18.8. The van der Waals surface area contributed by atoms with Crippen LogP contribution in [0.2, 0.25) is 0 Å². The number of nitrogens with one attached hydrogen (secondary N) is 2. The molecule has 3 aromatic rings. The molecule has 2 aliphatic rings. The van der Waals surface area contributed by atoms with Gasteiger partial charge in [0, 0.05) is 31.7 Å². The standard InChI is InChI=1S/C23H24N4O5S/c28-21(24-5-6-26-7-9-30-10-8-26)16-2-3-17-18(12-16)25-23(33)27(22(17)29)13-15-1-4-19-20(11-15)32-14-31-19/h1-4,11-12H,5-10,13-14H2,(H,24,28)(H,25,33). The van der Waals surface area contributed by atoms with Gasteiger partial charge in [-0.05, 0) is 48.1 Å². The van der Waals surface area contributed by atoms with Gasteiger partial charge in [-0.25, -0.2) is 0 Å². The normalized spacial score (nSPS) is 15.6. The molecule has 1 saturated heterocycles.